The summed E-state index contributed by atoms with van der Waals surface area (Å²) in [6, 6.07) is -4.32. The van der Waals surface area contributed by atoms with Gasteiger partial charge in [0.2, 0.25) is 30.0 Å². The van der Waals surface area contributed by atoms with Gasteiger partial charge in [-0.2, -0.15) is 0 Å². The zero-order chi connectivity index (χ0) is 55.9. The van der Waals surface area contributed by atoms with Gasteiger partial charge in [0.1, 0.15) is 140 Å². The number of ketones is 1. The van der Waals surface area contributed by atoms with Crippen LogP contribution in [0.2, 0.25) is 0 Å². The fraction of sp³-hybridized carbons (Fsp3) is 0.727. The molecule has 0 amide bonds. The molecule has 2 aliphatic carbocycles. The average molecular weight is 1100 g/mol. The summed E-state index contributed by atoms with van der Waals surface area (Å²) in [7, 11) is 0. The standard InChI is InChI=1S/C44H63N2O30/c1-10-19(45-14-3-12(5-47)20(52)24(56)21(14)53)23(55)32(64)42(68-10)74-37-16(7-49)70-40(30(62)26(37)58)46-15-4-13(6-48)36(25(57)22(15)54)73-35-11(2)69-43(33(65)28(35)60)75-39-18(9-51)72-44(34(66)29(39)61)76-38-17(8-50)71-41(67)31(63)27(38)59/h3-6,14-19,21-35,37-46,49-51,53-67H,1-2,7-9H2/q+1/t14-,15-,16+,17+,18+,19+,21-,22-,23-,24-,25+,26+,27+,28+,29+,30+,31+,32+,33+,34+,35+,37+,38+,39+,40-,41+,42+,43+,44+/m0/s1. The van der Waals surface area contributed by atoms with Crippen molar-refractivity contribution in [3.8, 4) is 0 Å². The summed E-state index contributed by atoms with van der Waals surface area (Å²) < 4.78 is 49.9. The van der Waals surface area contributed by atoms with Crippen LogP contribution in [0.25, 0.3) is 0 Å². The van der Waals surface area contributed by atoms with E-state index in [1.165, 1.54) is 0 Å². The van der Waals surface area contributed by atoms with Crippen LogP contribution >= 0.6 is 0 Å². The highest BCUT2D eigenvalue weighted by molar-refractivity contribution is 6.14. The molecule has 0 aromatic carbocycles. The number of aliphatic hydroxyl groups is 18. The minimum Gasteiger partial charge on any atom is -0.465 e. The van der Waals surface area contributed by atoms with E-state index in [4.69, 9.17) is 42.6 Å². The number of aliphatic hydroxyl groups excluding tert-OH is 18. The Hall–Kier alpha value is -3.80. The number of nitrogens with one attached hydrogen (secondary N) is 2. The zero-order valence-electron chi connectivity index (χ0n) is 39.5. The van der Waals surface area contributed by atoms with Gasteiger partial charge in [0.15, 0.2) is 30.8 Å². The molecule has 0 radical (unpaired) electrons. The van der Waals surface area contributed by atoms with Gasteiger partial charge in [-0.25, -0.2) is 4.79 Å². The van der Waals surface area contributed by atoms with Crippen LogP contribution in [0.5, 0.6) is 0 Å². The molecule has 5 fully saturated rings. The lowest BCUT2D eigenvalue weighted by atomic mass is 9.87. The topological polar surface area (TPSA) is 522 Å². The Morgan fingerprint density at radius 3 is 1.64 bits per heavy atom. The number of hydrogen-bond donors (Lipinski definition) is 20. The monoisotopic (exact) mass is 1100 g/mol. The lowest BCUT2D eigenvalue weighted by Crippen LogP contribution is -2.68. The molecule has 0 aromatic heterocycles. The van der Waals surface area contributed by atoms with E-state index in [-0.39, 0.29) is 18.3 Å². The van der Waals surface area contributed by atoms with E-state index in [1.807, 2.05) is 0 Å². The lowest BCUT2D eigenvalue weighted by molar-refractivity contribution is -0.369. The van der Waals surface area contributed by atoms with Crippen LogP contribution in [0, 0.1) is 6.42 Å². The molecular formula is C44H63N2O30+. The Morgan fingerprint density at radius 2 is 1.07 bits per heavy atom. The van der Waals surface area contributed by atoms with Gasteiger partial charge in [0, 0.05) is 6.42 Å². The maximum absolute atomic E-state index is 12.4. The molecule has 0 spiro atoms. The third kappa shape index (κ3) is 11.6. The predicted octanol–water partition coefficient (Wildman–Crippen LogP) is -12.9. The van der Waals surface area contributed by atoms with Gasteiger partial charge < -0.3 is 135 Å². The number of aldehydes is 2. The highest BCUT2D eigenvalue weighted by Crippen LogP contribution is 2.37. The third-order valence-corrected chi connectivity index (χ3v) is 14.0. The van der Waals surface area contributed by atoms with E-state index >= 15 is 0 Å². The van der Waals surface area contributed by atoms with E-state index in [9.17, 15) is 106 Å². The van der Waals surface area contributed by atoms with Crippen molar-refractivity contribution >= 4 is 18.4 Å². The molecule has 0 unspecified atom stereocenters. The molecule has 32 heteroatoms. The van der Waals surface area contributed by atoms with Crippen molar-refractivity contribution in [3.05, 3.63) is 54.1 Å². The summed E-state index contributed by atoms with van der Waals surface area (Å²) in [4.78, 5) is 35.9. The molecule has 7 rings (SSSR count). The average Bonchev–Trinajstić information content (AvgIpc) is 3.40. The van der Waals surface area contributed by atoms with Gasteiger partial charge in [-0.3, -0.25) is 20.2 Å². The first-order valence-corrected chi connectivity index (χ1v) is 23.5. The Labute approximate surface area is 429 Å². The van der Waals surface area contributed by atoms with Crippen LogP contribution in [0.15, 0.2) is 47.7 Å². The highest BCUT2D eigenvalue weighted by Gasteiger charge is 2.57. The Morgan fingerprint density at radius 1 is 0.553 bits per heavy atom. The second-order valence-electron chi connectivity index (χ2n) is 18.8. The van der Waals surface area contributed by atoms with Crippen LogP contribution < -0.4 is 10.6 Å². The second kappa shape index (κ2) is 24.7. The quantitative estimate of drug-likeness (QED) is 0.0365. The van der Waals surface area contributed by atoms with E-state index in [1.54, 1.807) is 0 Å². The minimum absolute atomic E-state index is 0.144. The first kappa shape index (κ1) is 59.9. The van der Waals surface area contributed by atoms with Crippen molar-refractivity contribution in [2.24, 2.45) is 0 Å². The fourth-order valence-electron chi connectivity index (χ4n) is 9.58. The molecule has 0 bridgehead atoms. The van der Waals surface area contributed by atoms with Crippen molar-refractivity contribution in [2.75, 3.05) is 19.8 Å². The van der Waals surface area contributed by atoms with E-state index in [0.29, 0.717) is 0 Å². The summed E-state index contributed by atoms with van der Waals surface area (Å²) in [6.07, 6.45) is -47.1. The van der Waals surface area contributed by atoms with Gasteiger partial charge in [-0.1, -0.05) is 19.2 Å². The Kier molecular flexibility index (Phi) is 19.4. The SMILES string of the molecule is C=C1O[C@H](O[C@H]2[C@H](O)[C@@H](O)[C@@H](N[C@H]3[CH+]C(C=O)=C(O[C@@H]4C(=C)O[C@H](O[C@H]5[C@H](O)[C@@H](O)[C@@H](O[C@H]6[C@H](O)[C@@H](O)[C@H](O)O[C@@H]6CO)O[C@@H]5CO)[C@H](O)[C@H]4O)[C@H](O)[C@H]3O)O[C@@H]2CO)[C@H](O)[C@@H](O)[C@@H]1N[C@H]1C=C(C=O)C(=O)[C@H](O)[C@H]1O. The molecule has 20 N–H and O–H groups in total. The summed E-state index contributed by atoms with van der Waals surface area (Å²) in [6.45, 7) is 4.49. The van der Waals surface area contributed by atoms with E-state index in [0.717, 1.165) is 12.5 Å². The largest absolute Gasteiger partial charge is 0.465 e. The number of ether oxygens (including phenoxy) is 9. The first-order valence-electron chi connectivity index (χ1n) is 23.5. The number of carbonyl (C=O) groups excluding carboxylic acids is 3. The summed E-state index contributed by atoms with van der Waals surface area (Å²) in [5.74, 6) is -2.67. The Bertz CT molecular complexity index is 2130. The van der Waals surface area contributed by atoms with E-state index < -0.39 is 226 Å². The van der Waals surface area contributed by atoms with Crippen LogP contribution in [0.3, 0.4) is 0 Å². The molecule has 428 valence electrons. The molecule has 32 nitrogen and oxygen atoms in total. The Balaban J connectivity index is 0.954. The minimum atomic E-state index is -2.16. The highest BCUT2D eigenvalue weighted by atomic mass is 16.8. The summed E-state index contributed by atoms with van der Waals surface area (Å²) in [5, 5.41) is 197. The first-order chi connectivity index (χ1) is 35.9. The zero-order valence-corrected chi connectivity index (χ0v) is 39.5. The third-order valence-electron chi connectivity index (χ3n) is 14.0. The van der Waals surface area contributed by atoms with Gasteiger partial charge in [0.05, 0.1) is 37.5 Å². The molecule has 0 saturated carbocycles. The predicted molar refractivity (Wildman–Crippen MR) is 235 cm³/mol. The van der Waals surface area contributed by atoms with Gasteiger partial charge in [-0.15, -0.1) is 0 Å². The van der Waals surface area contributed by atoms with Crippen LogP contribution in [-0.2, 0) is 57.0 Å². The molecule has 7 aliphatic rings. The fourth-order valence-corrected chi connectivity index (χ4v) is 9.58. The van der Waals surface area contributed by atoms with Crippen molar-refractivity contribution in [1.82, 2.24) is 10.6 Å². The van der Waals surface area contributed by atoms with Crippen molar-refractivity contribution in [3.63, 3.8) is 0 Å². The molecular weight excluding hydrogens is 1040 g/mol. The van der Waals surface area contributed by atoms with Crippen LogP contribution in [0.4, 0.5) is 0 Å². The maximum atomic E-state index is 12.4. The number of carbonyl (C=O) groups is 3. The van der Waals surface area contributed by atoms with Gasteiger partial charge in [0.25, 0.3) is 6.29 Å². The van der Waals surface area contributed by atoms with Crippen LogP contribution in [0.1, 0.15) is 0 Å². The molecule has 5 saturated heterocycles. The molecule has 76 heavy (non-hydrogen) atoms. The van der Waals surface area contributed by atoms with Crippen molar-refractivity contribution in [2.45, 2.75) is 178 Å². The van der Waals surface area contributed by atoms with Crippen LogP contribution in [-0.4, -0.2) is 308 Å². The number of hydrogen-bond acceptors (Lipinski definition) is 32. The normalized spacial score (nSPS) is 48.3. The molecule has 29 atom stereocenters. The molecule has 5 aliphatic heterocycles. The maximum Gasteiger partial charge on any atom is 0.260 e. The van der Waals surface area contributed by atoms with Crippen molar-refractivity contribution in [1.29, 1.82) is 0 Å². The van der Waals surface area contributed by atoms with Gasteiger partial charge >= 0.3 is 0 Å². The number of rotatable bonds is 17. The number of Topliss-reactive ketones (excluding diaryl/α,β-unsaturated/α-hetero) is 1. The van der Waals surface area contributed by atoms with Gasteiger partial charge in [-0.05, 0) is 0 Å². The lowest BCUT2D eigenvalue weighted by Gasteiger charge is -2.47. The van der Waals surface area contributed by atoms with E-state index in [2.05, 4.69) is 23.8 Å². The summed E-state index contributed by atoms with van der Waals surface area (Å²) >= 11 is 0. The molecule has 5 heterocycles. The second-order valence-corrected chi connectivity index (χ2v) is 18.8. The smallest absolute Gasteiger partial charge is 0.260 e. The van der Waals surface area contributed by atoms with Crippen molar-refractivity contribution < 1.29 is 149 Å². The summed E-state index contributed by atoms with van der Waals surface area (Å²) in [5.41, 5.74) is -0.990. The molecule has 0 aromatic rings.